The average molecular weight is 299 g/mol. The molecule has 0 saturated heterocycles. The van der Waals surface area contributed by atoms with Crippen LogP contribution in [-0.2, 0) is 12.8 Å². The van der Waals surface area contributed by atoms with Gasteiger partial charge in [0, 0.05) is 5.39 Å². The number of fused-ring (bicyclic) bond motifs is 1. The maximum Gasteiger partial charge on any atom is 0.127 e. The number of rotatable bonds is 9. The molecule has 22 heavy (non-hydrogen) atoms. The molecule has 2 rings (SSSR count). The molecule has 3 heteroatoms. The normalized spacial score (nSPS) is 11.2. The number of aryl methyl sites for hydroxylation is 2. The Morgan fingerprint density at radius 2 is 1.73 bits per heavy atom. The highest BCUT2D eigenvalue weighted by Gasteiger charge is 2.07. The van der Waals surface area contributed by atoms with Crippen molar-refractivity contribution in [1.29, 1.82) is 0 Å². The van der Waals surface area contributed by atoms with Crippen molar-refractivity contribution in [3.05, 3.63) is 35.4 Å². The molecule has 0 unspecified atom stereocenters. The van der Waals surface area contributed by atoms with E-state index >= 15 is 0 Å². The molecule has 1 aromatic heterocycles. The number of unbranched alkanes of at least 4 members (excludes halogenated alkanes) is 4. The molecule has 3 nitrogen and oxygen atoms in total. The fourth-order valence-corrected chi connectivity index (χ4v) is 2.93. The zero-order valence-corrected chi connectivity index (χ0v) is 13.8. The summed E-state index contributed by atoms with van der Waals surface area (Å²) >= 11 is 0. The van der Waals surface area contributed by atoms with Gasteiger partial charge in [-0.25, -0.2) is 4.98 Å². The van der Waals surface area contributed by atoms with Crippen LogP contribution in [0, 0.1) is 0 Å². The van der Waals surface area contributed by atoms with Crippen molar-refractivity contribution in [2.75, 3.05) is 12.3 Å². The molecule has 1 heterocycles. The van der Waals surface area contributed by atoms with Gasteiger partial charge in [-0.1, -0.05) is 38.3 Å². The Balaban J connectivity index is 2.19. The average Bonchev–Trinajstić information content (AvgIpc) is 2.52. The quantitative estimate of drug-likeness (QED) is 0.681. The van der Waals surface area contributed by atoms with Gasteiger partial charge in [0.15, 0.2) is 0 Å². The fraction of sp³-hybridized carbons (Fsp3) is 0.526. The van der Waals surface area contributed by atoms with Crippen LogP contribution in [0.2, 0.25) is 0 Å². The smallest absolute Gasteiger partial charge is 0.127 e. The van der Waals surface area contributed by atoms with E-state index in [4.69, 9.17) is 11.5 Å². The van der Waals surface area contributed by atoms with E-state index in [9.17, 15) is 0 Å². The molecule has 2 aromatic rings. The maximum absolute atomic E-state index is 6.13. The number of nitrogens with zero attached hydrogens (tertiary/aromatic N) is 1. The van der Waals surface area contributed by atoms with Crippen molar-refractivity contribution in [3.8, 4) is 0 Å². The van der Waals surface area contributed by atoms with Crippen molar-refractivity contribution in [1.82, 2.24) is 4.98 Å². The third-order valence-electron chi connectivity index (χ3n) is 4.26. The minimum absolute atomic E-state index is 0.698. The zero-order valence-electron chi connectivity index (χ0n) is 13.8. The predicted molar refractivity (Wildman–Crippen MR) is 96.0 cm³/mol. The van der Waals surface area contributed by atoms with Gasteiger partial charge in [0.1, 0.15) is 5.82 Å². The molecule has 0 bridgehead atoms. The highest BCUT2D eigenvalue weighted by Crippen LogP contribution is 2.24. The van der Waals surface area contributed by atoms with Crippen LogP contribution < -0.4 is 11.5 Å². The lowest BCUT2D eigenvalue weighted by atomic mass is 9.99. The van der Waals surface area contributed by atoms with Crippen molar-refractivity contribution in [2.24, 2.45) is 5.73 Å². The molecule has 4 N–H and O–H groups in total. The van der Waals surface area contributed by atoms with Crippen LogP contribution in [0.5, 0.6) is 0 Å². The molecule has 120 valence electrons. The summed E-state index contributed by atoms with van der Waals surface area (Å²) in [5, 5.41) is 1.27. The van der Waals surface area contributed by atoms with Crippen molar-refractivity contribution >= 4 is 16.7 Å². The van der Waals surface area contributed by atoms with Gasteiger partial charge in [0.25, 0.3) is 0 Å². The molecular formula is C19H29N3. The number of aromatic nitrogens is 1. The van der Waals surface area contributed by atoms with Crippen LogP contribution in [0.4, 0.5) is 5.82 Å². The number of hydrogen-bond donors (Lipinski definition) is 2. The number of pyridine rings is 1. The van der Waals surface area contributed by atoms with Crippen LogP contribution in [0.15, 0.2) is 24.3 Å². The van der Waals surface area contributed by atoms with Crippen molar-refractivity contribution in [3.63, 3.8) is 0 Å². The molecule has 0 aliphatic heterocycles. The van der Waals surface area contributed by atoms with Gasteiger partial charge < -0.3 is 11.5 Å². The van der Waals surface area contributed by atoms with Crippen LogP contribution >= 0.6 is 0 Å². The summed E-state index contributed by atoms with van der Waals surface area (Å²) in [5.74, 6) is 0.698. The van der Waals surface area contributed by atoms with E-state index in [0.717, 1.165) is 31.3 Å². The second kappa shape index (κ2) is 8.74. The van der Waals surface area contributed by atoms with Gasteiger partial charge in [-0.3, -0.25) is 0 Å². The van der Waals surface area contributed by atoms with E-state index in [1.165, 1.54) is 48.6 Å². The van der Waals surface area contributed by atoms with Gasteiger partial charge in [0.2, 0.25) is 0 Å². The number of hydrogen-bond acceptors (Lipinski definition) is 3. The minimum atomic E-state index is 0.698. The van der Waals surface area contributed by atoms with Crippen LogP contribution in [0.1, 0.15) is 56.6 Å². The first-order valence-electron chi connectivity index (χ1n) is 8.63. The SMILES string of the molecule is CCCCCc1cc2c(CCCCCN)cccc2nc1N. The van der Waals surface area contributed by atoms with Gasteiger partial charge >= 0.3 is 0 Å². The van der Waals surface area contributed by atoms with Gasteiger partial charge in [-0.05, 0) is 61.9 Å². The summed E-state index contributed by atoms with van der Waals surface area (Å²) in [7, 11) is 0. The number of nitrogen functional groups attached to an aromatic ring is 1. The molecule has 0 aliphatic rings. The first-order chi connectivity index (χ1) is 10.8. The predicted octanol–water partition coefficient (Wildman–Crippen LogP) is 4.22. The van der Waals surface area contributed by atoms with E-state index in [2.05, 4.69) is 36.2 Å². The summed E-state index contributed by atoms with van der Waals surface area (Å²) in [6.45, 7) is 3.01. The first-order valence-corrected chi connectivity index (χ1v) is 8.63. The summed E-state index contributed by atoms with van der Waals surface area (Å²) in [4.78, 5) is 4.62. The Morgan fingerprint density at radius 3 is 2.50 bits per heavy atom. The first kappa shape index (κ1) is 16.8. The van der Waals surface area contributed by atoms with Crippen LogP contribution in [-0.4, -0.2) is 11.5 Å². The lowest BCUT2D eigenvalue weighted by Gasteiger charge is -2.11. The summed E-state index contributed by atoms with van der Waals surface area (Å²) in [5.41, 5.74) is 15.3. The fourth-order valence-electron chi connectivity index (χ4n) is 2.93. The molecule has 0 amide bonds. The molecule has 1 aromatic carbocycles. The molecule has 0 radical (unpaired) electrons. The van der Waals surface area contributed by atoms with Crippen molar-refractivity contribution < 1.29 is 0 Å². The standard InChI is InChI=1S/C19H29N3/c1-2-3-5-10-16-14-17-15(9-6-4-7-13-20)11-8-12-18(17)22-19(16)21/h8,11-12,14H,2-7,9-10,13,20H2,1H3,(H2,21,22). The molecule has 0 atom stereocenters. The Hall–Kier alpha value is -1.61. The molecule has 0 aliphatic carbocycles. The number of benzene rings is 1. The number of anilines is 1. The molecular weight excluding hydrogens is 270 g/mol. The second-order valence-electron chi connectivity index (χ2n) is 6.07. The topological polar surface area (TPSA) is 64.9 Å². The van der Waals surface area contributed by atoms with Crippen LogP contribution in [0.3, 0.4) is 0 Å². The summed E-state index contributed by atoms with van der Waals surface area (Å²) in [6.07, 6.45) is 9.28. The highest BCUT2D eigenvalue weighted by atomic mass is 14.8. The van der Waals surface area contributed by atoms with E-state index < -0.39 is 0 Å². The Labute approximate surface area is 134 Å². The second-order valence-corrected chi connectivity index (χ2v) is 6.07. The lowest BCUT2D eigenvalue weighted by Crippen LogP contribution is -2.01. The Bertz CT molecular complexity index is 592. The Kier molecular flexibility index (Phi) is 6.66. The van der Waals surface area contributed by atoms with E-state index in [1.54, 1.807) is 0 Å². The van der Waals surface area contributed by atoms with Crippen LogP contribution in [0.25, 0.3) is 10.9 Å². The van der Waals surface area contributed by atoms with Crippen molar-refractivity contribution in [2.45, 2.75) is 58.3 Å². The Morgan fingerprint density at radius 1 is 0.955 bits per heavy atom. The van der Waals surface area contributed by atoms with Gasteiger partial charge in [0.05, 0.1) is 5.52 Å². The summed E-state index contributed by atoms with van der Waals surface area (Å²) < 4.78 is 0. The highest BCUT2D eigenvalue weighted by molar-refractivity contribution is 5.84. The molecule has 0 saturated carbocycles. The van der Waals surface area contributed by atoms with E-state index in [1.807, 2.05) is 0 Å². The summed E-state index contributed by atoms with van der Waals surface area (Å²) in [6, 6.07) is 8.64. The third-order valence-corrected chi connectivity index (χ3v) is 4.26. The zero-order chi connectivity index (χ0) is 15.8. The largest absolute Gasteiger partial charge is 0.383 e. The molecule has 0 fully saturated rings. The number of nitrogens with two attached hydrogens (primary N) is 2. The monoisotopic (exact) mass is 299 g/mol. The van der Waals surface area contributed by atoms with E-state index in [-0.39, 0.29) is 0 Å². The molecule has 0 spiro atoms. The van der Waals surface area contributed by atoms with E-state index in [0.29, 0.717) is 5.82 Å². The maximum atomic E-state index is 6.13. The third kappa shape index (κ3) is 4.44. The lowest BCUT2D eigenvalue weighted by molar-refractivity contribution is 0.688. The minimum Gasteiger partial charge on any atom is -0.383 e. The van der Waals surface area contributed by atoms with Gasteiger partial charge in [-0.15, -0.1) is 0 Å². The van der Waals surface area contributed by atoms with Gasteiger partial charge in [-0.2, -0.15) is 0 Å².